The Hall–Kier alpha value is -0.940. The van der Waals surface area contributed by atoms with Crippen LogP contribution in [0.1, 0.15) is 44.2 Å². The van der Waals surface area contributed by atoms with E-state index in [2.05, 4.69) is 18.8 Å². The zero-order valence-electron chi connectivity index (χ0n) is 11.0. The third-order valence-electron chi connectivity index (χ3n) is 3.26. The first-order valence-electron chi connectivity index (χ1n) is 6.54. The van der Waals surface area contributed by atoms with Crippen LogP contribution in [-0.2, 0) is 4.79 Å². The van der Waals surface area contributed by atoms with Crippen molar-refractivity contribution >= 4 is 17.2 Å². The summed E-state index contributed by atoms with van der Waals surface area (Å²) in [4.78, 5) is 18.6. The smallest absolute Gasteiger partial charge is 0.223 e. The fourth-order valence-electron chi connectivity index (χ4n) is 2.48. The van der Waals surface area contributed by atoms with Crippen molar-refractivity contribution in [1.29, 1.82) is 0 Å². The molecule has 2 unspecified atom stereocenters. The molecule has 0 aromatic carbocycles. The van der Waals surface area contributed by atoms with Gasteiger partial charge < -0.3 is 10.6 Å². The molecule has 100 valence electrons. The van der Waals surface area contributed by atoms with Gasteiger partial charge in [0.2, 0.25) is 5.91 Å². The molecule has 0 saturated carbocycles. The van der Waals surface area contributed by atoms with Crippen molar-refractivity contribution in [3.05, 3.63) is 16.6 Å². The molecule has 0 bridgehead atoms. The maximum atomic E-state index is 12.2. The first-order valence-corrected chi connectivity index (χ1v) is 7.42. The number of carbonyl (C=O) groups is 1. The maximum absolute atomic E-state index is 12.2. The van der Waals surface area contributed by atoms with Crippen molar-refractivity contribution < 1.29 is 4.79 Å². The Morgan fingerprint density at radius 3 is 3.00 bits per heavy atom. The van der Waals surface area contributed by atoms with E-state index in [-0.39, 0.29) is 18.0 Å². The third-order valence-corrected chi connectivity index (χ3v) is 4.10. The van der Waals surface area contributed by atoms with E-state index in [1.54, 1.807) is 17.5 Å². The standard InChI is InChI=1S/C13H21N3OS/c1-9(2)8-16-11(17)5-3-4-10(14)12(16)13-15-6-7-18-13/h6-7,9-10,12H,3-5,8,14H2,1-2H3. The second kappa shape index (κ2) is 5.80. The number of likely N-dealkylation sites (tertiary alicyclic amines) is 1. The van der Waals surface area contributed by atoms with Crippen molar-refractivity contribution in [3.63, 3.8) is 0 Å². The summed E-state index contributed by atoms with van der Waals surface area (Å²) in [6, 6.07) is -0.0382. The zero-order chi connectivity index (χ0) is 13.1. The number of hydrogen-bond donors (Lipinski definition) is 1. The summed E-state index contributed by atoms with van der Waals surface area (Å²) in [5.41, 5.74) is 6.27. The van der Waals surface area contributed by atoms with Gasteiger partial charge in [-0.05, 0) is 18.8 Å². The molecule has 1 saturated heterocycles. The van der Waals surface area contributed by atoms with Gasteiger partial charge in [0.1, 0.15) is 5.01 Å². The van der Waals surface area contributed by atoms with Crippen LogP contribution in [0.15, 0.2) is 11.6 Å². The van der Waals surface area contributed by atoms with Crippen molar-refractivity contribution in [1.82, 2.24) is 9.88 Å². The van der Waals surface area contributed by atoms with Crippen molar-refractivity contribution in [2.75, 3.05) is 6.54 Å². The zero-order valence-corrected chi connectivity index (χ0v) is 11.8. The van der Waals surface area contributed by atoms with Crippen LogP contribution in [0.5, 0.6) is 0 Å². The summed E-state index contributed by atoms with van der Waals surface area (Å²) >= 11 is 1.59. The Kier molecular flexibility index (Phi) is 4.35. The molecule has 5 heteroatoms. The van der Waals surface area contributed by atoms with E-state index in [0.717, 1.165) is 24.4 Å². The minimum atomic E-state index is -0.0394. The molecule has 2 N–H and O–H groups in total. The SMILES string of the molecule is CC(C)CN1C(=O)CCCC(N)C1c1nccs1. The predicted molar refractivity (Wildman–Crippen MR) is 73.2 cm³/mol. The molecule has 1 amide bonds. The summed E-state index contributed by atoms with van der Waals surface area (Å²) in [7, 11) is 0. The monoisotopic (exact) mass is 267 g/mol. The summed E-state index contributed by atoms with van der Waals surface area (Å²) in [5.74, 6) is 0.665. The highest BCUT2D eigenvalue weighted by Gasteiger charge is 2.34. The van der Waals surface area contributed by atoms with E-state index in [9.17, 15) is 4.79 Å². The minimum absolute atomic E-state index is 0.00125. The third kappa shape index (κ3) is 2.90. The summed E-state index contributed by atoms with van der Waals surface area (Å²) in [6.45, 7) is 5.02. The molecule has 1 aromatic heterocycles. The van der Waals surface area contributed by atoms with E-state index in [1.165, 1.54) is 0 Å². The van der Waals surface area contributed by atoms with E-state index in [0.29, 0.717) is 12.3 Å². The number of amides is 1. The van der Waals surface area contributed by atoms with Gasteiger partial charge in [-0.25, -0.2) is 4.98 Å². The molecule has 2 atom stereocenters. The van der Waals surface area contributed by atoms with Crippen LogP contribution >= 0.6 is 11.3 Å². The molecule has 0 spiro atoms. The summed E-state index contributed by atoms with van der Waals surface area (Å²) < 4.78 is 0. The topological polar surface area (TPSA) is 59.2 Å². The molecule has 18 heavy (non-hydrogen) atoms. The first-order chi connectivity index (χ1) is 8.59. The van der Waals surface area contributed by atoms with Crippen LogP contribution in [0, 0.1) is 5.92 Å². The molecule has 4 nitrogen and oxygen atoms in total. The van der Waals surface area contributed by atoms with Crippen LogP contribution in [0.3, 0.4) is 0 Å². The fraction of sp³-hybridized carbons (Fsp3) is 0.692. The molecular weight excluding hydrogens is 246 g/mol. The van der Waals surface area contributed by atoms with Gasteiger partial charge in [0, 0.05) is 30.6 Å². The number of rotatable bonds is 3. The van der Waals surface area contributed by atoms with Gasteiger partial charge in [-0.15, -0.1) is 11.3 Å². The highest BCUT2D eigenvalue weighted by molar-refractivity contribution is 7.09. The number of thiazole rings is 1. The highest BCUT2D eigenvalue weighted by atomic mass is 32.1. The number of carbonyl (C=O) groups excluding carboxylic acids is 1. The van der Waals surface area contributed by atoms with Gasteiger partial charge in [-0.1, -0.05) is 13.8 Å². The number of hydrogen-bond acceptors (Lipinski definition) is 4. The normalized spacial score (nSPS) is 25.6. The molecule has 1 aliphatic heterocycles. The summed E-state index contributed by atoms with van der Waals surface area (Å²) in [6.07, 6.45) is 4.18. The predicted octanol–water partition coefficient (Wildman–Crippen LogP) is 2.18. The lowest BCUT2D eigenvalue weighted by molar-refractivity contribution is -0.133. The average Bonchev–Trinajstić information content (AvgIpc) is 2.77. The van der Waals surface area contributed by atoms with Gasteiger partial charge in [-0.2, -0.15) is 0 Å². The van der Waals surface area contributed by atoms with E-state index >= 15 is 0 Å². The van der Waals surface area contributed by atoms with E-state index in [4.69, 9.17) is 5.73 Å². The Morgan fingerprint density at radius 2 is 2.39 bits per heavy atom. The lowest BCUT2D eigenvalue weighted by Gasteiger charge is -2.33. The molecule has 0 radical (unpaired) electrons. The summed E-state index contributed by atoms with van der Waals surface area (Å²) in [5, 5.41) is 2.92. The maximum Gasteiger partial charge on any atom is 0.223 e. The lowest BCUT2D eigenvalue weighted by atomic mass is 10.0. The molecule has 1 aromatic rings. The Balaban J connectivity index is 2.30. The van der Waals surface area contributed by atoms with Crippen LogP contribution < -0.4 is 5.73 Å². The van der Waals surface area contributed by atoms with Gasteiger partial charge in [0.15, 0.2) is 0 Å². The molecular formula is C13H21N3OS. The van der Waals surface area contributed by atoms with Crippen LogP contribution in [0.4, 0.5) is 0 Å². The molecule has 2 rings (SSSR count). The van der Waals surface area contributed by atoms with Gasteiger partial charge >= 0.3 is 0 Å². The molecule has 1 aliphatic rings. The van der Waals surface area contributed by atoms with Crippen molar-refractivity contribution in [2.24, 2.45) is 11.7 Å². The van der Waals surface area contributed by atoms with Crippen molar-refractivity contribution in [3.8, 4) is 0 Å². The largest absolute Gasteiger partial charge is 0.331 e. The quantitative estimate of drug-likeness (QED) is 0.913. The van der Waals surface area contributed by atoms with Gasteiger partial charge in [0.05, 0.1) is 6.04 Å². The van der Waals surface area contributed by atoms with Gasteiger partial charge in [-0.3, -0.25) is 4.79 Å². The van der Waals surface area contributed by atoms with E-state index in [1.807, 2.05) is 10.3 Å². The Bertz CT molecular complexity index is 391. The Labute approximate surface area is 112 Å². The number of nitrogens with zero attached hydrogens (tertiary/aromatic N) is 2. The van der Waals surface area contributed by atoms with Crippen molar-refractivity contribution in [2.45, 2.75) is 45.2 Å². The van der Waals surface area contributed by atoms with E-state index < -0.39 is 0 Å². The van der Waals surface area contributed by atoms with Crippen LogP contribution in [-0.4, -0.2) is 28.4 Å². The second-order valence-electron chi connectivity index (χ2n) is 5.31. The minimum Gasteiger partial charge on any atom is -0.331 e. The lowest BCUT2D eigenvalue weighted by Crippen LogP contribution is -2.43. The first kappa shape index (κ1) is 13.5. The fourth-order valence-corrected chi connectivity index (χ4v) is 3.31. The van der Waals surface area contributed by atoms with Gasteiger partial charge in [0.25, 0.3) is 0 Å². The molecule has 2 heterocycles. The number of nitrogens with two attached hydrogens (primary N) is 1. The molecule has 1 fully saturated rings. The number of aromatic nitrogens is 1. The van der Waals surface area contributed by atoms with Crippen LogP contribution in [0.2, 0.25) is 0 Å². The highest BCUT2D eigenvalue weighted by Crippen LogP contribution is 2.31. The Morgan fingerprint density at radius 1 is 1.61 bits per heavy atom. The molecule has 0 aliphatic carbocycles. The second-order valence-corrected chi connectivity index (χ2v) is 6.24. The average molecular weight is 267 g/mol. The van der Waals surface area contributed by atoms with Crippen LogP contribution in [0.25, 0.3) is 0 Å².